The van der Waals surface area contributed by atoms with E-state index in [0.29, 0.717) is 16.4 Å². The van der Waals surface area contributed by atoms with Crippen molar-refractivity contribution >= 4 is 46.3 Å². The van der Waals surface area contributed by atoms with Crippen molar-refractivity contribution in [2.45, 2.75) is 16.2 Å². The Kier molecular flexibility index (Phi) is 6.17. The van der Waals surface area contributed by atoms with E-state index in [1.54, 1.807) is 18.2 Å². The van der Waals surface area contributed by atoms with Crippen LogP contribution in [0.3, 0.4) is 0 Å². The number of nitrogens with zero attached hydrogens (tertiary/aromatic N) is 3. The van der Waals surface area contributed by atoms with E-state index in [1.807, 2.05) is 12.3 Å². The number of benzene rings is 2. The van der Waals surface area contributed by atoms with Crippen LogP contribution in [0.15, 0.2) is 74.0 Å². The molecule has 2 aromatic heterocycles. The Morgan fingerprint density at radius 1 is 1.16 bits per heavy atom. The Bertz CT molecular complexity index is 1320. The van der Waals surface area contributed by atoms with Crippen molar-refractivity contribution in [3.05, 3.63) is 92.6 Å². The number of amides is 1. The molecular formula is C21H14ClFN4O2S2. The Hall–Kier alpha value is -3.01. The minimum absolute atomic E-state index is 0.0248. The normalized spacial score (nSPS) is 10.8. The maximum Gasteiger partial charge on any atom is 0.276 e. The third kappa shape index (κ3) is 5.01. The quantitative estimate of drug-likeness (QED) is 0.432. The van der Waals surface area contributed by atoms with E-state index in [4.69, 9.17) is 11.6 Å². The van der Waals surface area contributed by atoms with Crippen molar-refractivity contribution in [1.29, 1.82) is 0 Å². The van der Waals surface area contributed by atoms with E-state index in [9.17, 15) is 14.0 Å². The van der Waals surface area contributed by atoms with Gasteiger partial charge in [-0.05, 0) is 55.5 Å². The summed E-state index contributed by atoms with van der Waals surface area (Å²) in [6.07, 6.45) is 0. The van der Waals surface area contributed by atoms with Crippen molar-refractivity contribution < 1.29 is 9.18 Å². The molecule has 4 rings (SSSR count). The number of aromatic nitrogens is 3. The van der Waals surface area contributed by atoms with Crippen LogP contribution in [0.25, 0.3) is 5.69 Å². The van der Waals surface area contributed by atoms with Gasteiger partial charge >= 0.3 is 0 Å². The van der Waals surface area contributed by atoms with Gasteiger partial charge in [0.25, 0.3) is 11.5 Å². The molecule has 0 bridgehead atoms. The van der Waals surface area contributed by atoms with Gasteiger partial charge in [0.1, 0.15) is 11.5 Å². The van der Waals surface area contributed by atoms with Gasteiger partial charge in [-0.2, -0.15) is 9.78 Å². The zero-order valence-corrected chi connectivity index (χ0v) is 18.4. The number of carbonyl (C=O) groups is 1. The van der Waals surface area contributed by atoms with E-state index in [2.05, 4.69) is 15.4 Å². The molecule has 0 unspecified atom stereocenters. The highest BCUT2D eigenvalue weighted by molar-refractivity contribution is 8.01. The predicted octanol–water partition coefficient (Wildman–Crippen LogP) is 5.19. The van der Waals surface area contributed by atoms with Gasteiger partial charge in [0.15, 0.2) is 4.34 Å². The molecule has 1 N–H and O–H groups in total. The number of anilines is 1. The molecule has 0 aliphatic heterocycles. The molecule has 0 atom stereocenters. The van der Waals surface area contributed by atoms with Crippen molar-refractivity contribution in [1.82, 2.24) is 14.8 Å². The van der Waals surface area contributed by atoms with E-state index >= 15 is 0 Å². The molecule has 1 amide bonds. The molecule has 0 fully saturated rings. The largest absolute Gasteiger partial charge is 0.321 e. The number of hydrogen-bond acceptors (Lipinski definition) is 6. The summed E-state index contributed by atoms with van der Waals surface area (Å²) in [6.45, 7) is 1.92. The first-order valence-electron chi connectivity index (χ1n) is 8.96. The number of rotatable bonds is 5. The molecule has 2 aromatic carbocycles. The van der Waals surface area contributed by atoms with Crippen LogP contribution in [0.4, 0.5) is 10.1 Å². The number of halogens is 2. The lowest BCUT2D eigenvalue weighted by Gasteiger charge is -2.09. The molecule has 6 nitrogen and oxygen atoms in total. The minimum atomic E-state index is -0.511. The number of nitrogens with one attached hydrogen (secondary N) is 1. The maximum absolute atomic E-state index is 13.1. The predicted molar refractivity (Wildman–Crippen MR) is 120 cm³/mol. The van der Waals surface area contributed by atoms with Crippen LogP contribution in [-0.4, -0.2) is 20.7 Å². The van der Waals surface area contributed by atoms with Crippen molar-refractivity contribution in [3.8, 4) is 5.69 Å². The molecule has 31 heavy (non-hydrogen) atoms. The summed E-state index contributed by atoms with van der Waals surface area (Å²) in [5.74, 6) is -0.947. The van der Waals surface area contributed by atoms with Gasteiger partial charge < -0.3 is 5.32 Å². The fraction of sp³-hybridized carbons (Fsp3) is 0.0476. The lowest BCUT2D eigenvalue weighted by molar-refractivity contribution is 0.102. The molecule has 0 saturated heterocycles. The van der Waals surface area contributed by atoms with Gasteiger partial charge in [-0.1, -0.05) is 23.4 Å². The lowest BCUT2D eigenvalue weighted by atomic mass is 10.3. The number of thiazole rings is 1. The third-order valence-corrected chi connectivity index (χ3v) is 6.65. The summed E-state index contributed by atoms with van der Waals surface area (Å²) in [5, 5.41) is 9.24. The van der Waals surface area contributed by atoms with Gasteiger partial charge in [-0.25, -0.2) is 9.37 Å². The number of hydrogen-bond donors (Lipinski definition) is 1. The van der Waals surface area contributed by atoms with Crippen molar-refractivity contribution in [3.63, 3.8) is 0 Å². The van der Waals surface area contributed by atoms with Crippen LogP contribution < -0.4 is 10.9 Å². The Labute approximate surface area is 189 Å². The van der Waals surface area contributed by atoms with Crippen LogP contribution in [0, 0.1) is 12.7 Å². The van der Waals surface area contributed by atoms with E-state index < -0.39 is 17.3 Å². The zero-order valence-electron chi connectivity index (χ0n) is 16.0. The smallest absolute Gasteiger partial charge is 0.276 e. The molecular weight excluding hydrogens is 459 g/mol. The average Bonchev–Trinajstić information content (AvgIpc) is 3.16. The van der Waals surface area contributed by atoms with Crippen LogP contribution in [-0.2, 0) is 0 Å². The number of carbonyl (C=O) groups excluding carboxylic acids is 1. The number of aryl methyl sites for hydroxylation is 1. The van der Waals surface area contributed by atoms with Crippen molar-refractivity contribution in [2.24, 2.45) is 0 Å². The molecule has 0 saturated carbocycles. The van der Waals surface area contributed by atoms with Gasteiger partial charge in [0.05, 0.1) is 10.7 Å². The molecule has 2 heterocycles. The minimum Gasteiger partial charge on any atom is -0.321 e. The van der Waals surface area contributed by atoms with E-state index in [1.165, 1.54) is 59.5 Å². The van der Waals surface area contributed by atoms with Crippen LogP contribution in [0.1, 0.15) is 16.2 Å². The van der Waals surface area contributed by atoms with Gasteiger partial charge in [0.2, 0.25) is 0 Å². The van der Waals surface area contributed by atoms with Gasteiger partial charge in [0, 0.05) is 27.7 Å². The molecule has 0 aliphatic rings. The summed E-state index contributed by atoms with van der Waals surface area (Å²) < 4.78 is 15.1. The summed E-state index contributed by atoms with van der Waals surface area (Å²) in [6, 6.07) is 13.0. The van der Waals surface area contributed by atoms with Crippen LogP contribution in [0.5, 0.6) is 0 Å². The molecule has 0 spiro atoms. The lowest BCUT2D eigenvalue weighted by Crippen LogP contribution is -2.24. The van der Waals surface area contributed by atoms with Crippen LogP contribution in [0.2, 0.25) is 5.02 Å². The summed E-state index contributed by atoms with van der Waals surface area (Å²) >= 11 is 9.35. The first-order valence-corrected chi connectivity index (χ1v) is 11.0. The second-order valence-electron chi connectivity index (χ2n) is 6.40. The SMILES string of the molecule is Cc1csc(Sc2ccc(NC(=O)c3ccc(=O)n(-c4ccc(F)cc4)n3)cc2Cl)n1. The monoisotopic (exact) mass is 472 g/mol. The maximum atomic E-state index is 13.1. The summed E-state index contributed by atoms with van der Waals surface area (Å²) in [4.78, 5) is 30.0. The first kappa shape index (κ1) is 21.2. The standard InChI is InChI=1S/C21H14ClFN4O2S2/c1-12-11-30-21(24-12)31-18-8-4-14(10-16(18)22)25-20(29)17-7-9-19(28)27(26-17)15-5-2-13(23)3-6-15/h2-11H,1H3,(H,25,29). The average molecular weight is 473 g/mol. The third-order valence-electron chi connectivity index (χ3n) is 4.09. The molecule has 10 heteroatoms. The first-order chi connectivity index (χ1) is 14.9. The fourth-order valence-electron chi connectivity index (χ4n) is 2.63. The topological polar surface area (TPSA) is 76.9 Å². The highest BCUT2D eigenvalue weighted by atomic mass is 35.5. The zero-order chi connectivity index (χ0) is 22.0. The summed E-state index contributed by atoms with van der Waals surface area (Å²) in [5.41, 5.74) is 1.36. The molecule has 156 valence electrons. The van der Waals surface area contributed by atoms with E-state index in [0.717, 1.165) is 19.6 Å². The Morgan fingerprint density at radius 3 is 2.61 bits per heavy atom. The Morgan fingerprint density at radius 2 is 1.94 bits per heavy atom. The molecule has 0 radical (unpaired) electrons. The molecule has 0 aliphatic carbocycles. The second kappa shape index (κ2) is 9.01. The highest BCUT2D eigenvalue weighted by Crippen LogP contribution is 2.36. The van der Waals surface area contributed by atoms with Gasteiger partial charge in [-0.3, -0.25) is 9.59 Å². The molecule has 4 aromatic rings. The fourth-order valence-corrected chi connectivity index (χ4v) is 4.72. The van der Waals surface area contributed by atoms with Gasteiger partial charge in [-0.15, -0.1) is 11.3 Å². The highest BCUT2D eigenvalue weighted by Gasteiger charge is 2.13. The second-order valence-corrected chi connectivity index (χ2v) is 8.96. The van der Waals surface area contributed by atoms with Crippen molar-refractivity contribution in [2.75, 3.05) is 5.32 Å². The summed E-state index contributed by atoms with van der Waals surface area (Å²) in [7, 11) is 0. The Balaban J connectivity index is 1.53. The van der Waals surface area contributed by atoms with Crippen LogP contribution >= 0.6 is 34.7 Å². The van der Waals surface area contributed by atoms with E-state index in [-0.39, 0.29) is 5.69 Å².